The van der Waals surface area contributed by atoms with Gasteiger partial charge in [-0.15, -0.1) is 0 Å². The van der Waals surface area contributed by atoms with E-state index in [0.29, 0.717) is 46.2 Å². The molecule has 0 spiro atoms. The number of carbonyl (C=O) groups excluding carboxylic acids is 1. The van der Waals surface area contributed by atoms with Gasteiger partial charge in [0.2, 0.25) is 6.79 Å². The van der Waals surface area contributed by atoms with E-state index >= 15 is 0 Å². The smallest absolute Gasteiger partial charge is 0.266 e. The number of carbonyl (C=O) groups is 1. The third-order valence-corrected chi connectivity index (χ3v) is 5.51. The molecule has 1 N–H and O–H groups in total. The fourth-order valence-electron chi connectivity index (χ4n) is 3.23. The van der Waals surface area contributed by atoms with Gasteiger partial charge in [0.25, 0.3) is 5.91 Å². The number of nitrogens with zero attached hydrogens (tertiary/aromatic N) is 1. The molecule has 1 aliphatic heterocycles. The van der Waals surface area contributed by atoms with Crippen LogP contribution in [-0.4, -0.2) is 19.3 Å². The van der Waals surface area contributed by atoms with Crippen molar-refractivity contribution in [3.05, 3.63) is 81.8 Å². The minimum absolute atomic E-state index is 0.0187. The van der Waals surface area contributed by atoms with Gasteiger partial charge in [-0.25, -0.2) is 0 Å². The molecule has 0 aliphatic carbocycles. The van der Waals surface area contributed by atoms with E-state index in [2.05, 4.69) is 21.2 Å². The highest BCUT2D eigenvalue weighted by Crippen LogP contribution is 2.33. The standard InChI is InChI=1S/C26H21BrN2O5/c1-2-31-21-7-5-20(6-8-21)29-26(30)19(14-28)11-17-3-9-23(22(27)12-17)32-15-18-4-10-24-25(13-18)34-16-33-24/h3-13H,2,15-16H2,1H3,(H,29,30)/b19-11-. The van der Waals surface area contributed by atoms with E-state index in [0.717, 1.165) is 11.3 Å². The van der Waals surface area contributed by atoms with Gasteiger partial charge in [0.1, 0.15) is 29.7 Å². The van der Waals surface area contributed by atoms with E-state index in [1.165, 1.54) is 6.08 Å². The van der Waals surface area contributed by atoms with Crippen molar-refractivity contribution in [2.75, 3.05) is 18.7 Å². The first-order valence-electron chi connectivity index (χ1n) is 10.5. The summed E-state index contributed by atoms with van der Waals surface area (Å²) in [5.41, 5.74) is 2.18. The zero-order valence-electron chi connectivity index (χ0n) is 18.3. The molecule has 0 fully saturated rings. The lowest BCUT2D eigenvalue weighted by Crippen LogP contribution is -2.13. The summed E-state index contributed by atoms with van der Waals surface area (Å²) >= 11 is 3.50. The van der Waals surface area contributed by atoms with Crippen LogP contribution in [0.25, 0.3) is 6.08 Å². The van der Waals surface area contributed by atoms with Crippen LogP contribution in [0.2, 0.25) is 0 Å². The Hall–Kier alpha value is -3.96. The number of halogens is 1. The molecule has 34 heavy (non-hydrogen) atoms. The van der Waals surface area contributed by atoms with Crippen LogP contribution >= 0.6 is 15.9 Å². The lowest BCUT2D eigenvalue weighted by atomic mass is 10.1. The number of hydrogen-bond donors (Lipinski definition) is 1. The zero-order chi connectivity index (χ0) is 23.9. The maximum absolute atomic E-state index is 12.6. The molecule has 0 radical (unpaired) electrons. The van der Waals surface area contributed by atoms with E-state index in [1.807, 2.05) is 31.2 Å². The molecule has 0 aromatic heterocycles. The van der Waals surface area contributed by atoms with E-state index in [4.69, 9.17) is 18.9 Å². The Labute approximate surface area is 205 Å². The molecule has 0 saturated carbocycles. The summed E-state index contributed by atoms with van der Waals surface area (Å²) in [7, 11) is 0. The number of nitrogens with one attached hydrogen (secondary N) is 1. The molecule has 1 aliphatic rings. The number of anilines is 1. The molecule has 172 valence electrons. The lowest BCUT2D eigenvalue weighted by Gasteiger charge is -2.10. The van der Waals surface area contributed by atoms with Gasteiger partial charge < -0.3 is 24.3 Å². The predicted molar refractivity (Wildman–Crippen MR) is 131 cm³/mol. The number of amides is 1. The van der Waals surface area contributed by atoms with Crippen molar-refractivity contribution in [1.82, 2.24) is 0 Å². The molecule has 0 unspecified atom stereocenters. The Bertz CT molecular complexity index is 1270. The Kier molecular flexibility index (Phi) is 7.35. The average molecular weight is 521 g/mol. The van der Waals surface area contributed by atoms with Gasteiger partial charge in [0, 0.05) is 5.69 Å². The van der Waals surface area contributed by atoms with E-state index in [9.17, 15) is 10.1 Å². The third-order valence-electron chi connectivity index (χ3n) is 4.89. The van der Waals surface area contributed by atoms with Crippen molar-refractivity contribution >= 4 is 33.6 Å². The molecule has 0 saturated heterocycles. The van der Waals surface area contributed by atoms with Gasteiger partial charge in [-0.2, -0.15) is 5.26 Å². The van der Waals surface area contributed by atoms with Crippen molar-refractivity contribution in [3.63, 3.8) is 0 Å². The summed E-state index contributed by atoms with van der Waals surface area (Å²) in [6.45, 7) is 3.03. The van der Waals surface area contributed by atoms with Crippen molar-refractivity contribution in [2.24, 2.45) is 0 Å². The zero-order valence-corrected chi connectivity index (χ0v) is 19.9. The maximum atomic E-state index is 12.6. The van der Waals surface area contributed by atoms with Gasteiger partial charge in [-0.3, -0.25) is 4.79 Å². The molecule has 3 aromatic carbocycles. The number of benzene rings is 3. The topological polar surface area (TPSA) is 89.8 Å². The molecule has 1 amide bonds. The fraction of sp³-hybridized carbons (Fsp3) is 0.154. The van der Waals surface area contributed by atoms with Crippen molar-refractivity contribution < 1.29 is 23.7 Å². The summed E-state index contributed by atoms with van der Waals surface area (Å²) in [4.78, 5) is 12.6. The number of hydrogen-bond acceptors (Lipinski definition) is 6. The minimum Gasteiger partial charge on any atom is -0.494 e. The van der Waals surface area contributed by atoms with Crippen molar-refractivity contribution in [1.29, 1.82) is 5.26 Å². The second-order valence-electron chi connectivity index (χ2n) is 7.25. The minimum atomic E-state index is -0.495. The Morgan fingerprint density at radius 2 is 1.88 bits per heavy atom. The van der Waals surface area contributed by atoms with E-state index in [-0.39, 0.29) is 12.4 Å². The number of rotatable bonds is 8. The van der Waals surface area contributed by atoms with Gasteiger partial charge in [0.05, 0.1) is 11.1 Å². The van der Waals surface area contributed by atoms with Gasteiger partial charge in [0.15, 0.2) is 11.5 Å². The molecule has 3 aromatic rings. The summed E-state index contributed by atoms with van der Waals surface area (Å²) in [6.07, 6.45) is 1.52. The molecular formula is C26H21BrN2O5. The van der Waals surface area contributed by atoms with Crippen LogP contribution < -0.4 is 24.3 Å². The first-order valence-corrected chi connectivity index (χ1v) is 11.3. The molecule has 0 bridgehead atoms. The molecule has 7 nitrogen and oxygen atoms in total. The number of nitriles is 1. The highest BCUT2D eigenvalue weighted by molar-refractivity contribution is 9.10. The molecule has 8 heteroatoms. The first kappa shape index (κ1) is 23.2. The Morgan fingerprint density at radius 1 is 1.09 bits per heavy atom. The van der Waals surface area contributed by atoms with Crippen LogP contribution in [-0.2, 0) is 11.4 Å². The summed E-state index contributed by atoms with van der Waals surface area (Å²) < 4.78 is 22.7. The predicted octanol–water partition coefficient (Wildman–Crippen LogP) is 5.70. The SMILES string of the molecule is CCOc1ccc(NC(=O)/C(C#N)=C\c2ccc(OCc3ccc4c(c3)OCO4)c(Br)c2)cc1. The lowest BCUT2D eigenvalue weighted by molar-refractivity contribution is -0.112. The normalized spacial score (nSPS) is 12.1. The van der Waals surface area contributed by atoms with Gasteiger partial charge in [-0.05, 0) is 88.6 Å². The first-order chi connectivity index (χ1) is 16.6. The van der Waals surface area contributed by atoms with E-state index in [1.54, 1.807) is 42.5 Å². The van der Waals surface area contributed by atoms with Crippen LogP contribution in [0.4, 0.5) is 5.69 Å². The highest BCUT2D eigenvalue weighted by atomic mass is 79.9. The largest absolute Gasteiger partial charge is 0.494 e. The molecule has 1 heterocycles. The second kappa shape index (κ2) is 10.8. The molecule has 4 rings (SSSR count). The van der Waals surface area contributed by atoms with Crippen LogP contribution in [0.5, 0.6) is 23.0 Å². The summed E-state index contributed by atoms with van der Waals surface area (Å²) in [6, 6.07) is 19.9. The third kappa shape index (κ3) is 5.69. The summed E-state index contributed by atoms with van der Waals surface area (Å²) in [5.74, 6) is 2.27. The number of ether oxygens (including phenoxy) is 4. The van der Waals surface area contributed by atoms with Gasteiger partial charge in [-0.1, -0.05) is 12.1 Å². The van der Waals surface area contributed by atoms with Crippen LogP contribution in [0.15, 0.2) is 70.7 Å². The average Bonchev–Trinajstić information content (AvgIpc) is 3.31. The quantitative estimate of drug-likeness (QED) is 0.302. The summed E-state index contributed by atoms with van der Waals surface area (Å²) in [5, 5.41) is 12.2. The van der Waals surface area contributed by atoms with Crippen LogP contribution in [0.1, 0.15) is 18.1 Å². The maximum Gasteiger partial charge on any atom is 0.266 e. The number of fused-ring (bicyclic) bond motifs is 1. The Balaban J connectivity index is 1.40. The second-order valence-corrected chi connectivity index (χ2v) is 8.10. The monoisotopic (exact) mass is 520 g/mol. The fourth-order valence-corrected chi connectivity index (χ4v) is 3.74. The van der Waals surface area contributed by atoms with Gasteiger partial charge >= 0.3 is 0 Å². The van der Waals surface area contributed by atoms with Crippen molar-refractivity contribution in [3.8, 4) is 29.1 Å². The van der Waals surface area contributed by atoms with E-state index < -0.39 is 5.91 Å². The molecule has 0 atom stereocenters. The molecular weight excluding hydrogens is 500 g/mol. The van der Waals surface area contributed by atoms with Crippen LogP contribution in [0.3, 0.4) is 0 Å². The Morgan fingerprint density at radius 3 is 2.62 bits per heavy atom. The highest BCUT2D eigenvalue weighted by Gasteiger charge is 2.14. The van der Waals surface area contributed by atoms with Crippen LogP contribution in [0, 0.1) is 11.3 Å². The van der Waals surface area contributed by atoms with Crippen molar-refractivity contribution in [2.45, 2.75) is 13.5 Å².